The van der Waals surface area contributed by atoms with Crippen LogP contribution < -0.4 is 10.9 Å². The summed E-state index contributed by atoms with van der Waals surface area (Å²) in [6.45, 7) is 2.70. The van der Waals surface area contributed by atoms with Gasteiger partial charge < -0.3 is 5.32 Å². The van der Waals surface area contributed by atoms with Crippen LogP contribution in [0.5, 0.6) is 0 Å². The van der Waals surface area contributed by atoms with E-state index in [2.05, 4.69) is 12.2 Å². The van der Waals surface area contributed by atoms with Crippen LogP contribution in [-0.2, 0) is 11.3 Å². The van der Waals surface area contributed by atoms with Gasteiger partial charge in [0.25, 0.3) is 5.56 Å². The summed E-state index contributed by atoms with van der Waals surface area (Å²) in [5.41, 5.74) is 1.54. The highest BCUT2D eigenvalue weighted by molar-refractivity contribution is 8.00. The summed E-state index contributed by atoms with van der Waals surface area (Å²) in [5.74, 6) is -0.0202. The first kappa shape index (κ1) is 19.7. The lowest BCUT2D eigenvalue weighted by Crippen LogP contribution is -2.31. The lowest BCUT2D eigenvalue weighted by Gasteiger charge is -2.19. The van der Waals surface area contributed by atoms with Crippen LogP contribution in [-0.4, -0.2) is 21.5 Å². The van der Waals surface area contributed by atoms with E-state index in [4.69, 9.17) is 4.98 Å². The number of benzene rings is 2. The smallest absolute Gasteiger partial charge is 0.262 e. The topological polar surface area (TPSA) is 64.0 Å². The van der Waals surface area contributed by atoms with Gasteiger partial charge in [0.05, 0.1) is 10.9 Å². The zero-order chi connectivity index (χ0) is 20.2. The van der Waals surface area contributed by atoms with Crippen molar-refractivity contribution in [2.24, 2.45) is 0 Å². The third-order valence-corrected chi connectivity index (χ3v) is 6.29. The van der Waals surface area contributed by atoms with Crippen molar-refractivity contribution < 1.29 is 4.79 Å². The van der Waals surface area contributed by atoms with Gasteiger partial charge in [-0.3, -0.25) is 14.2 Å². The number of nitrogens with zero attached hydrogens (tertiary/aromatic N) is 2. The first-order valence-electron chi connectivity index (χ1n) is 10.2. The normalized spacial score (nSPS) is 14.7. The number of hydrogen-bond donors (Lipinski definition) is 1. The molecule has 1 aliphatic carbocycles. The first-order chi connectivity index (χ1) is 14.2. The molecule has 0 bridgehead atoms. The van der Waals surface area contributed by atoms with Gasteiger partial charge in [-0.1, -0.05) is 67.6 Å². The van der Waals surface area contributed by atoms with Crippen LogP contribution in [0.25, 0.3) is 10.9 Å². The second kappa shape index (κ2) is 8.82. The number of rotatable bonds is 8. The molecule has 1 N–H and O–H groups in total. The summed E-state index contributed by atoms with van der Waals surface area (Å²) in [7, 11) is 0. The fourth-order valence-corrected chi connectivity index (χ4v) is 4.39. The molecule has 0 saturated heterocycles. The molecule has 6 heteroatoms. The Labute approximate surface area is 174 Å². The van der Waals surface area contributed by atoms with Gasteiger partial charge in [0.15, 0.2) is 5.16 Å². The van der Waals surface area contributed by atoms with Crippen molar-refractivity contribution in [2.75, 3.05) is 0 Å². The summed E-state index contributed by atoms with van der Waals surface area (Å²) < 4.78 is 1.73. The Bertz CT molecular complexity index is 1060. The minimum absolute atomic E-state index is 0.0202. The van der Waals surface area contributed by atoms with Gasteiger partial charge in [-0.25, -0.2) is 4.98 Å². The van der Waals surface area contributed by atoms with Gasteiger partial charge in [-0.2, -0.15) is 0 Å². The minimum Gasteiger partial charge on any atom is -0.352 e. The third-order valence-electron chi connectivity index (χ3n) is 5.05. The van der Waals surface area contributed by atoms with E-state index in [1.54, 1.807) is 4.57 Å². The van der Waals surface area contributed by atoms with E-state index in [1.807, 2.05) is 54.6 Å². The molecule has 1 aromatic heterocycles. The molecule has 1 amide bonds. The molecular weight excluding hydrogens is 382 g/mol. The van der Waals surface area contributed by atoms with Gasteiger partial charge in [-0.15, -0.1) is 0 Å². The average Bonchev–Trinajstić information content (AvgIpc) is 3.56. The third kappa shape index (κ3) is 4.53. The molecule has 0 aliphatic heterocycles. The Balaban J connectivity index is 1.75. The van der Waals surface area contributed by atoms with Crippen LogP contribution >= 0.6 is 11.8 Å². The van der Waals surface area contributed by atoms with Crippen LogP contribution in [0.4, 0.5) is 0 Å². The Morgan fingerprint density at radius 2 is 1.90 bits per heavy atom. The maximum absolute atomic E-state index is 13.1. The predicted octanol–water partition coefficient (Wildman–Crippen LogP) is 4.31. The minimum atomic E-state index is -0.447. The maximum Gasteiger partial charge on any atom is 0.262 e. The van der Waals surface area contributed by atoms with E-state index in [9.17, 15) is 9.59 Å². The van der Waals surface area contributed by atoms with Crippen LogP contribution in [0.15, 0.2) is 64.5 Å². The quantitative estimate of drug-likeness (QED) is 0.446. The highest BCUT2D eigenvalue weighted by atomic mass is 32.2. The number of carbonyl (C=O) groups is 1. The number of nitrogens with one attached hydrogen (secondary N) is 1. The molecule has 1 aliphatic rings. The molecule has 5 nitrogen and oxygen atoms in total. The van der Waals surface area contributed by atoms with Gasteiger partial charge in [0, 0.05) is 12.6 Å². The Morgan fingerprint density at radius 3 is 2.62 bits per heavy atom. The van der Waals surface area contributed by atoms with Crippen molar-refractivity contribution in [2.45, 2.75) is 55.6 Å². The van der Waals surface area contributed by atoms with Crippen molar-refractivity contribution >= 4 is 28.6 Å². The van der Waals surface area contributed by atoms with E-state index in [-0.39, 0.29) is 17.5 Å². The Morgan fingerprint density at radius 1 is 1.17 bits per heavy atom. The molecule has 29 heavy (non-hydrogen) atoms. The highest BCUT2D eigenvalue weighted by Crippen LogP contribution is 2.35. The summed E-state index contributed by atoms with van der Waals surface area (Å²) in [4.78, 5) is 30.9. The van der Waals surface area contributed by atoms with Gasteiger partial charge in [0.2, 0.25) is 5.91 Å². The molecule has 1 unspecified atom stereocenters. The number of fused-ring (bicyclic) bond motifs is 1. The second-order valence-corrected chi connectivity index (χ2v) is 8.49. The first-order valence-corrected chi connectivity index (χ1v) is 11.1. The zero-order valence-electron chi connectivity index (χ0n) is 16.5. The SMILES string of the molecule is CCCCn1c(SC(C(=O)NC2CC2)c2ccccc2)nc2ccccc2c1=O. The lowest BCUT2D eigenvalue weighted by molar-refractivity contribution is -0.120. The molecule has 2 aromatic carbocycles. The lowest BCUT2D eigenvalue weighted by atomic mass is 10.1. The predicted molar refractivity (Wildman–Crippen MR) is 117 cm³/mol. The van der Waals surface area contributed by atoms with E-state index >= 15 is 0 Å². The van der Waals surface area contributed by atoms with E-state index in [0.717, 1.165) is 31.2 Å². The largest absolute Gasteiger partial charge is 0.352 e. The zero-order valence-corrected chi connectivity index (χ0v) is 17.3. The molecule has 1 saturated carbocycles. The van der Waals surface area contributed by atoms with Crippen LogP contribution in [0.1, 0.15) is 43.4 Å². The van der Waals surface area contributed by atoms with Crippen LogP contribution in [0.2, 0.25) is 0 Å². The van der Waals surface area contributed by atoms with E-state index < -0.39 is 5.25 Å². The number of thioether (sulfide) groups is 1. The molecule has 0 spiro atoms. The number of carbonyl (C=O) groups excluding carboxylic acids is 1. The number of hydrogen-bond acceptors (Lipinski definition) is 4. The van der Waals surface area contributed by atoms with Gasteiger partial charge >= 0.3 is 0 Å². The van der Waals surface area contributed by atoms with Crippen LogP contribution in [0, 0.1) is 0 Å². The van der Waals surface area contributed by atoms with Crippen molar-refractivity contribution in [1.82, 2.24) is 14.9 Å². The fourth-order valence-electron chi connectivity index (χ4n) is 3.26. The van der Waals surface area contributed by atoms with E-state index in [1.165, 1.54) is 11.8 Å². The second-order valence-electron chi connectivity index (χ2n) is 7.41. The molecule has 1 atom stereocenters. The van der Waals surface area contributed by atoms with Crippen LogP contribution in [0.3, 0.4) is 0 Å². The number of amides is 1. The molecular formula is C23H25N3O2S. The van der Waals surface area contributed by atoms with Gasteiger partial charge in [-0.05, 0) is 37.0 Å². The number of aromatic nitrogens is 2. The summed E-state index contributed by atoms with van der Waals surface area (Å²) in [6, 6.07) is 17.4. The molecule has 4 rings (SSSR count). The summed E-state index contributed by atoms with van der Waals surface area (Å²) in [5, 5.41) is 3.88. The molecule has 1 fully saturated rings. The number of unbranched alkanes of at least 4 members (excludes halogenated alkanes) is 1. The van der Waals surface area contributed by atoms with Crippen molar-refractivity contribution in [3.63, 3.8) is 0 Å². The maximum atomic E-state index is 13.1. The molecule has 3 aromatic rings. The molecule has 150 valence electrons. The van der Waals surface area contributed by atoms with E-state index in [0.29, 0.717) is 22.6 Å². The Hall–Kier alpha value is -2.60. The monoisotopic (exact) mass is 407 g/mol. The summed E-state index contributed by atoms with van der Waals surface area (Å²) in [6.07, 6.45) is 3.94. The highest BCUT2D eigenvalue weighted by Gasteiger charge is 2.30. The fraction of sp³-hybridized carbons (Fsp3) is 0.348. The average molecular weight is 408 g/mol. The van der Waals surface area contributed by atoms with Crippen molar-refractivity contribution in [3.05, 3.63) is 70.5 Å². The van der Waals surface area contributed by atoms with Crippen molar-refractivity contribution in [1.29, 1.82) is 0 Å². The Kier molecular flexibility index (Phi) is 6.00. The van der Waals surface area contributed by atoms with Gasteiger partial charge in [0.1, 0.15) is 5.25 Å². The molecule has 1 heterocycles. The standard InChI is InChI=1S/C23H25N3O2S/c1-2-3-15-26-22(28)18-11-7-8-12-19(18)25-23(26)29-20(16-9-5-4-6-10-16)21(27)24-17-13-14-17/h4-12,17,20H,2-3,13-15H2,1H3,(H,24,27). The van der Waals surface area contributed by atoms with Crippen molar-refractivity contribution in [3.8, 4) is 0 Å². The number of para-hydroxylation sites is 1. The molecule has 0 radical (unpaired) electrons. The summed E-state index contributed by atoms with van der Waals surface area (Å²) >= 11 is 1.37.